The summed E-state index contributed by atoms with van der Waals surface area (Å²) in [4.78, 5) is 15.7. The minimum atomic E-state index is -0.652. The van der Waals surface area contributed by atoms with Crippen molar-refractivity contribution < 1.29 is 9.18 Å². The number of hydrogen-bond donors (Lipinski definition) is 2. The number of anilines is 1. The average Bonchev–Trinajstić information content (AvgIpc) is 2.45. The van der Waals surface area contributed by atoms with Gasteiger partial charge in [0.25, 0.3) is 0 Å². The highest BCUT2D eigenvalue weighted by Gasteiger charge is 2.12. The standard InChI is InChI=1S/C14H13ClFN3O/c1-9(10-5-7-17-8-6-10)18-14(20)19-12-4-2-3-11(15)13(12)16/h2-9H,1H3,(H2,18,19,20). The molecule has 1 aromatic carbocycles. The summed E-state index contributed by atoms with van der Waals surface area (Å²) in [5, 5.41) is 5.09. The number of pyridine rings is 1. The van der Waals surface area contributed by atoms with Crippen molar-refractivity contribution in [2.45, 2.75) is 13.0 Å². The first-order chi connectivity index (χ1) is 9.58. The van der Waals surface area contributed by atoms with Crippen molar-refractivity contribution >= 4 is 23.3 Å². The number of carbonyl (C=O) groups is 1. The van der Waals surface area contributed by atoms with E-state index in [0.29, 0.717) is 0 Å². The molecular weight excluding hydrogens is 281 g/mol. The number of hydrogen-bond acceptors (Lipinski definition) is 2. The summed E-state index contributed by atoms with van der Waals surface area (Å²) in [6.45, 7) is 1.82. The molecule has 0 saturated carbocycles. The van der Waals surface area contributed by atoms with Crippen LogP contribution in [-0.4, -0.2) is 11.0 Å². The van der Waals surface area contributed by atoms with Gasteiger partial charge < -0.3 is 10.6 Å². The number of nitrogens with zero attached hydrogens (tertiary/aromatic N) is 1. The molecule has 0 aliphatic carbocycles. The molecule has 0 fully saturated rings. The van der Waals surface area contributed by atoms with Gasteiger partial charge in [-0.05, 0) is 36.8 Å². The Kier molecular flexibility index (Phi) is 4.53. The Balaban J connectivity index is 2.01. The van der Waals surface area contributed by atoms with E-state index in [2.05, 4.69) is 15.6 Å². The first-order valence-corrected chi connectivity index (χ1v) is 6.37. The zero-order valence-corrected chi connectivity index (χ0v) is 11.5. The minimum Gasteiger partial charge on any atom is -0.331 e. The van der Waals surface area contributed by atoms with Crippen LogP contribution in [-0.2, 0) is 0 Å². The molecule has 1 aromatic heterocycles. The molecule has 0 saturated heterocycles. The second kappa shape index (κ2) is 6.34. The molecule has 0 aliphatic rings. The van der Waals surface area contributed by atoms with Gasteiger partial charge in [-0.2, -0.15) is 0 Å². The second-order valence-corrected chi connectivity index (χ2v) is 4.61. The number of amides is 2. The molecule has 1 heterocycles. The lowest BCUT2D eigenvalue weighted by Crippen LogP contribution is -2.31. The number of benzene rings is 1. The first kappa shape index (κ1) is 14.3. The predicted molar refractivity (Wildman–Crippen MR) is 76.2 cm³/mol. The van der Waals surface area contributed by atoms with Crippen LogP contribution < -0.4 is 10.6 Å². The highest BCUT2D eigenvalue weighted by Crippen LogP contribution is 2.22. The lowest BCUT2D eigenvalue weighted by Gasteiger charge is -2.15. The van der Waals surface area contributed by atoms with Crippen LogP contribution in [0.3, 0.4) is 0 Å². The average molecular weight is 294 g/mol. The van der Waals surface area contributed by atoms with Crippen LogP contribution >= 0.6 is 11.6 Å². The Morgan fingerprint density at radius 1 is 1.30 bits per heavy atom. The zero-order valence-electron chi connectivity index (χ0n) is 10.7. The fourth-order valence-corrected chi connectivity index (χ4v) is 1.87. The zero-order chi connectivity index (χ0) is 14.5. The SMILES string of the molecule is CC(NC(=O)Nc1cccc(Cl)c1F)c1ccncc1. The molecule has 104 valence electrons. The summed E-state index contributed by atoms with van der Waals surface area (Å²) in [7, 11) is 0. The van der Waals surface area contributed by atoms with Crippen molar-refractivity contribution in [1.82, 2.24) is 10.3 Å². The fourth-order valence-electron chi connectivity index (χ4n) is 1.69. The van der Waals surface area contributed by atoms with Gasteiger partial charge in [0.15, 0.2) is 5.82 Å². The quantitative estimate of drug-likeness (QED) is 0.905. The molecular formula is C14H13ClFN3O. The monoisotopic (exact) mass is 293 g/mol. The molecule has 1 atom stereocenters. The van der Waals surface area contributed by atoms with Gasteiger partial charge in [-0.25, -0.2) is 9.18 Å². The third-order valence-corrected chi connectivity index (χ3v) is 3.05. The summed E-state index contributed by atoms with van der Waals surface area (Å²) in [5.41, 5.74) is 0.943. The number of nitrogens with one attached hydrogen (secondary N) is 2. The Morgan fingerprint density at radius 3 is 2.70 bits per heavy atom. The summed E-state index contributed by atoms with van der Waals surface area (Å²) in [6.07, 6.45) is 3.28. The van der Waals surface area contributed by atoms with Crippen molar-refractivity contribution in [2.24, 2.45) is 0 Å². The van der Waals surface area contributed by atoms with E-state index in [1.165, 1.54) is 12.1 Å². The third kappa shape index (κ3) is 3.45. The normalized spacial score (nSPS) is 11.8. The number of halogens is 2. The van der Waals surface area contributed by atoms with Gasteiger partial charge in [-0.1, -0.05) is 17.7 Å². The van der Waals surface area contributed by atoms with Crippen LogP contribution in [0.1, 0.15) is 18.5 Å². The first-order valence-electron chi connectivity index (χ1n) is 5.99. The van der Waals surface area contributed by atoms with E-state index in [1.54, 1.807) is 30.6 Å². The molecule has 0 radical (unpaired) electrons. The minimum absolute atomic E-state index is 0.0371. The fraction of sp³-hybridized carbons (Fsp3) is 0.143. The number of aromatic nitrogens is 1. The van der Waals surface area contributed by atoms with Crippen LogP contribution in [0.15, 0.2) is 42.7 Å². The van der Waals surface area contributed by atoms with Crippen LogP contribution in [0.5, 0.6) is 0 Å². The number of carbonyl (C=O) groups excluding carboxylic acids is 1. The number of urea groups is 1. The molecule has 0 spiro atoms. The molecule has 0 bridgehead atoms. The van der Waals surface area contributed by atoms with E-state index >= 15 is 0 Å². The molecule has 6 heteroatoms. The van der Waals surface area contributed by atoms with Crippen molar-refractivity contribution in [3.63, 3.8) is 0 Å². The summed E-state index contributed by atoms with van der Waals surface area (Å²) in [5.74, 6) is -0.652. The molecule has 1 unspecified atom stereocenters. The number of rotatable bonds is 3. The van der Waals surface area contributed by atoms with Crippen LogP contribution in [0.25, 0.3) is 0 Å². The van der Waals surface area contributed by atoms with Gasteiger partial charge in [-0.3, -0.25) is 4.98 Å². The second-order valence-electron chi connectivity index (χ2n) is 4.20. The molecule has 2 aromatic rings. The van der Waals surface area contributed by atoms with E-state index in [4.69, 9.17) is 11.6 Å². The molecule has 2 amide bonds. The molecule has 2 rings (SSSR count). The van der Waals surface area contributed by atoms with Gasteiger partial charge in [0.1, 0.15) is 0 Å². The molecule has 0 aliphatic heterocycles. The Hall–Kier alpha value is -2.14. The maximum absolute atomic E-state index is 13.6. The van der Waals surface area contributed by atoms with Gasteiger partial charge in [0.05, 0.1) is 16.8 Å². The Bertz CT molecular complexity index is 607. The predicted octanol–water partition coefficient (Wildman–Crippen LogP) is 3.76. The lowest BCUT2D eigenvalue weighted by molar-refractivity contribution is 0.249. The topological polar surface area (TPSA) is 54.0 Å². The third-order valence-electron chi connectivity index (χ3n) is 2.75. The van der Waals surface area contributed by atoms with E-state index in [0.717, 1.165) is 5.56 Å². The summed E-state index contributed by atoms with van der Waals surface area (Å²) >= 11 is 5.65. The van der Waals surface area contributed by atoms with Gasteiger partial charge in [-0.15, -0.1) is 0 Å². The Morgan fingerprint density at radius 2 is 2.00 bits per heavy atom. The van der Waals surface area contributed by atoms with E-state index < -0.39 is 11.8 Å². The molecule has 4 nitrogen and oxygen atoms in total. The van der Waals surface area contributed by atoms with Crippen LogP contribution in [0.4, 0.5) is 14.9 Å². The van der Waals surface area contributed by atoms with Crippen molar-refractivity contribution in [1.29, 1.82) is 0 Å². The lowest BCUT2D eigenvalue weighted by atomic mass is 10.1. The summed E-state index contributed by atoms with van der Waals surface area (Å²) < 4.78 is 13.6. The highest BCUT2D eigenvalue weighted by molar-refractivity contribution is 6.31. The Labute approximate surface area is 121 Å². The van der Waals surface area contributed by atoms with Crippen LogP contribution in [0.2, 0.25) is 5.02 Å². The van der Waals surface area contributed by atoms with Crippen LogP contribution in [0, 0.1) is 5.82 Å². The summed E-state index contributed by atoms with van der Waals surface area (Å²) in [6, 6.07) is 7.29. The van der Waals surface area contributed by atoms with Gasteiger partial charge in [0.2, 0.25) is 0 Å². The van der Waals surface area contributed by atoms with Gasteiger partial charge in [0, 0.05) is 12.4 Å². The maximum Gasteiger partial charge on any atom is 0.319 e. The van der Waals surface area contributed by atoms with Crippen molar-refractivity contribution in [2.75, 3.05) is 5.32 Å². The molecule has 2 N–H and O–H groups in total. The smallest absolute Gasteiger partial charge is 0.319 e. The van der Waals surface area contributed by atoms with E-state index in [9.17, 15) is 9.18 Å². The molecule has 20 heavy (non-hydrogen) atoms. The van der Waals surface area contributed by atoms with E-state index in [-0.39, 0.29) is 16.8 Å². The maximum atomic E-state index is 13.6. The highest BCUT2D eigenvalue weighted by atomic mass is 35.5. The largest absolute Gasteiger partial charge is 0.331 e. The van der Waals surface area contributed by atoms with Crippen molar-refractivity contribution in [3.05, 3.63) is 59.1 Å². The van der Waals surface area contributed by atoms with Gasteiger partial charge >= 0.3 is 6.03 Å². The van der Waals surface area contributed by atoms with E-state index in [1.807, 2.05) is 6.92 Å². The van der Waals surface area contributed by atoms with Crippen molar-refractivity contribution in [3.8, 4) is 0 Å².